The van der Waals surface area contributed by atoms with E-state index in [0.29, 0.717) is 5.75 Å². The first-order valence-electron chi connectivity index (χ1n) is 5.48. The quantitative estimate of drug-likeness (QED) is 0.638. The van der Waals surface area contributed by atoms with Gasteiger partial charge in [0.25, 0.3) is 0 Å². The maximum Gasteiger partial charge on any atom is 0.173 e. The average molecular weight is 325 g/mol. The number of ketones is 1. The van der Waals surface area contributed by atoms with Crippen molar-refractivity contribution < 1.29 is 4.79 Å². The van der Waals surface area contributed by atoms with Gasteiger partial charge in [-0.15, -0.1) is 0 Å². The van der Waals surface area contributed by atoms with Crippen LogP contribution >= 0.6 is 27.7 Å². The summed E-state index contributed by atoms with van der Waals surface area (Å²) in [6, 6.07) is 9.45. The number of Topliss-reactive ketones (excluding diaryl/α,β-unsaturated/α-hetero) is 1. The van der Waals surface area contributed by atoms with Crippen LogP contribution in [0.3, 0.4) is 0 Å². The minimum atomic E-state index is 0.125. The van der Waals surface area contributed by atoms with Crippen LogP contribution in [0.5, 0.6) is 0 Å². The molecule has 0 aliphatic rings. The van der Waals surface area contributed by atoms with E-state index in [9.17, 15) is 4.79 Å². The van der Waals surface area contributed by atoms with E-state index in [1.807, 2.05) is 44.3 Å². The Bertz CT molecular complexity index is 580. The molecule has 18 heavy (non-hydrogen) atoms. The monoisotopic (exact) mass is 324 g/mol. The number of halogens is 1. The number of hydrogen-bond donors (Lipinski definition) is 0. The molecule has 0 aliphatic heterocycles. The second-order valence-electron chi connectivity index (χ2n) is 3.97. The van der Waals surface area contributed by atoms with Crippen molar-refractivity contribution >= 4 is 33.5 Å². The van der Waals surface area contributed by atoms with Crippen LogP contribution in [0.2, 0.25) is 0 Å². The predicted molar refractivity (Wildman–Crippen MR) is 77.1 cm³/mol. The van der Waals surface area contributed by atoms with Crippen molar-refractivity contribution in [2.45, 2.75) is 11.9 Å². The molecule has 0 unspecified atom stereocenters. The van der Waals surface area contributed by atoms with Gasteiger partial charge in [0.05, 0.1) is 16.5 Å². The number of hydrogen-bond acceptors (Lipinski definition) is 3. The van der Waals surface area contributed by atoms with E-state index in [1.165, 1.54) is 11.8 Å². The van der Waals surface area contributed by atoms with Crippen LogP contribution in [-0.4, -0.2) is 21.3 Å². The fraction of sp³-hybridized carbons (Fsp3) is 0.231. The Morgan fingerprint density at radius 3 is 2.83 bits per heavy atom. The summed E-state index contributed by atoms with van der Waals surface area (Å²) in [5, 5.41) is 5.26. The smallest absolute Gasteiger partial charge is 0.173 e. The first-order chi connectivity index (χ1) is 8.56. The Morgan fingerprint density at radius 2 is 2.22 bits per heavy atom. The van der Waals surface area contributed by atoms with E-state index < -0.39 is 0 Å². The molecule has 0 spiro atoms. The molecule has 5 heteroatoms. The van der Waals surface area contributed by atoms with E-state index >= 15 is 0 Å². The van der Waals surface area contributed by atoms with E-state index in [2.05, 4.69) is 21.0 Å². The van der Waals surface area contributed by atoms with Crippen molar-refractivity contribution in [1.82, 2.24) is 9.78 Å². The fourth-order valence-electron chi connectivity index (χ4n) is 1.61. The van der Waals surface area contributed by atoms with Crippen LogP contribution in [0.1, 0.15) is 16.1 Å². The third kappa shape index (κ3) is 3.23. The largest absolute Gasteiger partial charge is 0.293 e. The lowest BCUT2D eigenvalue weighted by Gasteiger charge is -2.02. The highest BCUT2D eigenvalue weighted by Gasteiger charge is 2.09. The van der Waals surface area contributed by atoms with Crippen LogP contribution < -0.4 is 0 Å². The molecule has 94 valence electrons. The number of rotatable bonds is 4. The van der Waals surface area contributed by atoms with Crippen molar-refractivity contribution in [3.05, 3.63) is 46.1 Å². The molecule has 0 bridgehead atoms. The van der Waals surface area contributed by atoms with E-state index in [0.717, 1.165) is 20.8 Å². The molecule has 0 saturated carbocycles. The van der Waals surface area contributed by atoms with Crippen LogP contribution in [0.15, 0.2) is 39.8 Å². The van der Waals surface area contributed by atoms with Gasteiger partial charge >= 0.3 is 0 Å². The van der Waals surface area contributed by atoms with Gasteiger partial charge in [0, 0.05) is 17.1 Å². The summed E-state index contributed by atoms with van der Waals surface area (Å²) in [5.41, 5.74) is 1.70. The molecule has 0 N–H and O–H groups in total. The summed E-state index contributed by atoms with van der Waals surface area (Å²) in [5.74, 6) is 0.551. The first-order valence-corrected chi connectivity index (χ1v) is 7.26. The van der Waals surface area contributed by atoms with Crippen LogP contribution in [0.25, 0.3) is 0 Å². The molecule has 1 aromatic heterocycles. The molecule has 1 heterocycles. The van der Waals surface area contributed by atoms with Gasteiger partial charge in [-0.3, -0.25) is 9.48 Å². The number of aryl methyl sites for hydroxylation is 2. The maximum atomic E-state index is 12.0. The number of carbonyl (C=O) groups excluding carboxylic acids is 1. The van der Waals surface area contributed by atoms with Crippen LogP contribution in [-0.2, 0) is 7.05 Å². The summed E-state index contributed by atoms with van der Waals surface area (Å²) < 4.78 is 2.73. The van der Waals surface area contributed by atoms with Crippen molar-refractivity contribution in [3.63, 3.8) is 0 Å². The summed E-state index contributed by atoms with van der Waals surface area (Å²) in [4.78, 5) is 12.0. The third-order valence-corrected chi connectivity index (χ3v) is 4.03. The average Bonchev–Trinajstić information content (AvgIpc) is 2.65. The van der Waals surface area contributed by atoms with Gasteiger partial charge in [-0.05, 0) is 25.1 Å². The standard InChI is InChI=1S/C13H13BrN2OS/c1-9-6-13(16(2)15-9)18-8-12(17)10-4-3-5-11(14)7-10/h3-7H,8H2,1-2H3. The zero-order valence-electron chi connectivity index (χ0n) is 10.2. The summed E-state index contributed by atoms with van der Waals surface area (Å²) in [6.07, 6.45) is 0. The highest BCUT2D eigenvalue weighted by molar-refractivity contribution is 9.10. The zero-order valence-corrected chi connectivity index (χ0v) is 12.6. The Kier molecular flexibility index (Phi) is 4.24. The molecule has 0 amide bonds. The summed E-state index contributed by atoms with van der Waals surface area (Å²) >= 11 is 4.88. The maximum absolute atomic E-state index is 12.0. The van der Waals surface area contributed by atoms with E-state index in [-0.39, 0.29) is 5.78 Å². The highest BCUT2D eigenvalue weighted by Crippen LogP contribution is 2.20. The van der Waals surface area contributed by atoms with Crippen molar-refractivity contribution in [2.75, 3.05) is 5.75 Å². The fourth-order valence-corrected chi connectivity index (χ4v) is 2.93. The molecule has 0 fully saturated rings. The second kappa shape index (κ2) is 5.71. The Labute approximate surface area is 119 Å². The third-order valence-electron chi connectivity index (χ3n) is 2.46. The van der Waals surface area contributed by atoms with Crippen molar-refractivity contribution in [3.8, 4) is 0 Å². The van der Waals surface area contributed by atoms with Gasteiger partial charge in [0.1, 0.15) is 0 Å². The number of aromatic nitrogens is 2. The van der Waals surface area contributed by atoms with Crippen LogP contribution in [0.4, 0.5) is 0 Å². The van der Waals surface area contributed by atoms with Gasteiger partial charge in [-0.25, -0.2) is 0 Å². The first kappa shape index (κ1) is 13.4. The minimum absolute atomic E-state index is 0.125. The summed E-state index contributed by atoms with van der Waals surface area (Å²) in [7, 11) is 1.89. The molecule has 3 nitrogen and oxygen atoms in total. The second-order valence-corrected chi connectivity index (χ2v) is 5.88. The minimum Gasteiger partial charge on any atom is -0.293 e. The van der Waals surface area contributed by atoms with E-state index in [1.54, 1.807) is 4.68 Å². The molecule has 2 aromatic rings. The molecular weight excluding hydrogens is 312 g/mol. The Morgan fingerprint density at radius 1 is 1.44 bits per heavy atom. The molecule has 0 saturated heterocycles. The van der Waals surface area contributed by atoms with Crippen LogP contribution in [0, 0.1) is 6.92 Å². The molecular formula is C13H13BrN2OS. The summed E-state index contributed by atoms with van der Waals surface area (Å²) in [6.45, 7) is 1.94. The number of carbonyl (C=O) groups is 1. The Hall–Kier alpha value is -1.07. The predicted octanol–water partition coefficient (Wildman–Crippen LogP) is 3.47. The van der Waals surface area contributed by atoms with Crippen molar-refractivity contribution in [1.29, 1.82) is 0 Å². The van der Waals surface area contributed by atoms with E-state index in [4.69, 9.17) is 0 Å². The van der Waals surface area contributed by atoms with Gasteiger partial charge in [-0.1, -0.05) is 39.8 Å². The van der Waals surface area contributed by atoms with Crippen molar-refractivity contribution in [2.24, 2.45) is 7.05 Å². The lowest BCUT2D eigenvalue weighted by Crippen LogP contribution is -2.03. The highest BCUT2D eigenvalue weighted by atomic mass is 79.9. The molecule has 1 aromatic carbocycles. The molecule has 0 radical (unpaired) electrons. The van der Waals surface area contributed by atoms with Gasteiger partial charge in [0.2, 0.25) is 0 Å². The lowest BCUT2D eigenvalue weighted by molar-refractivity contribution is 0.102. The zero-order chi connectivity index (χ0) is 13.1. The molecule has 2 rings (SSSR count). The molecule has 0 aliphatic carbocycles. The normalized spacial score (nSPS) is 10.6. The number of nitrogens with zero attached hydrogens (tertiary/aromatic N) is 2. The lowest BCUT2D eigenvalue weighted by atomic mass is 10.2. The topological polar surface area (TPSA) is 34.9 Å². The number of benzene rings is 1. The van der Waals surface area contributed by atoms with Gasteiger partial charge in [0.15, 0.2) is 5.78 Å². The number of thioether (sulfide) groups is 1. The van der Waals surface area contributed by atoms with Gasteiger partial charge in [-0.2, -0.15) is 5.10 Å². The van der Waals surface area contributed by atoms with Gasteiger partial charge < -0.3 is 0 Å². The Balaban J connectivity index is 2.02. The molecule has 0 atom stereocenters. The SMILES string of the molecule is Cc1cc(SCC(=O)c2cccc(Br)c2)n(C)n1.